The zero-order chi connectivity index (χ0) is 14.6. The summed E-state index contributed by atoms with van der Waals surface area (Å²) < 4.78 is 32.9. The summed E-state index contributed by atoms with van der Waals surface area (Å²) in [5.74, 6) is 0.537. The Morgan fingerprint density at radius 1 is 1.40 bits per heavy atom. The molecule has 20 heavy (non-hydrogen) atoms. The number of ether oxygens (including phenoxy) is 2. The summed E-state index contributed by atoms with van der Waals surface area (Å²) in [6.07, 6.45) is 0.722. The van der Waals surface area contributed by atoms with E-state index >= 15 is 0 Å². The van der Waals surface area contributed by atoms with Gasteiger partial charge in [0.1, 0.15) is 12.4 Å². The van der Waals surface area contributed by atoms with Crippen molar-refractivity contribution in [1.82, 2.24) is 0 Å². The van der Waals surface area contributed by atoms with Crippen molar-refractivity contribution in [2.45, 2.75) is 19.4 Å². The molecule has 1 aromatic carbocycles. The van der Waals surface area contributed by atoms with E-state index in [1.807, 2.05) is 18.2 Å². The van der Waals surface area contributed by atoms with Gasteiger partial charge in [-0.2, -0.15) is 0 Å². The van der Waals surface area contributed by atoms with E-state index in [0.717, 1.165) is 5.56 Å². The topological polar surface area (TPSA) is 69.7 Å². The molecule has 2 rings (SSSR count). The monoisotopic (exact) mass is 298 g/mol. The summed E-state index contributed by atoms with van der Waals surface area (Å²) in [6.45, 7) is 0.176. The molecule has 0 aromatic heterocycles. The van der Waals surface area contributed by atoms with Crippen molar-refractivity contribution in [2.75, 3.05) is 18.6 Å². The highest BCUT2D eigenvalue weighted by atomic mass is 32.2. The average molecular weight is 298 g/mol. The second kappa shape index (κ2) is 6.26. The molecule has 1 aliphatic heterocycles. The third-order valence-electron chi connectivity index (χ3n) is 3.32. The summed E-state index contributed by atoms with van der Waals surface area (Å²) >= 11 is 0. The molecule has 0 bridgehead atoms. The normalized spacial score (nSPS) is 20.6. The van der Waals surface area contributed by atoms with Gasteiger partial charge in [-0.05, 0) is 30.0 Å². The third-order valence-corrected chi connectivity index (χ3v) is 5.15. The fraction of sp³-hybridized carbons (Fsp3) is 0.500. The zero-order valence-corrected chi connectivity index (χ0v) is 12.2. The molecule has 1 aromatic rings. The minimum atomic E-state index is -2.94. The quantitative estimate of drug-likeness (QED) is 0.772. The maximum atomic E-state index is 11.7. The van der Waals surface area contributed by atoms with Crippen LogP contribution in [0.2, 0.25) is 0 Å². The van der Waals surface area contributed by atoms with Crippen LogP contribution in [0, 0.1) is 5.92 Å². The molecule has 0 spiro atoms. The van der Waals surface area contributed by atoms with Crippen molar-refractivity contribution >= 4 is 15.8 Å². The molecule has 0 amide bonds. The lowest BCUT2D eigenvalue weighted by molar-refractivity contribution is -0.145. The predicted octanol–water partition coefficient (Wildman–Crippen LogP) is 1.56. The van der Waals surface area contributed by atoms with Gasteiger partial charge < -0.3 is 9.47 Å². The van der Waals surface area contributed by atoms with Gasteiger partial charge in [0.15, 0.2) is 9.84 Å². The van der Waals surface area contributed by atoms with Gasteiger partial charge in [0.05, 0.1) is 18.6 Å². The Kier molecular flexibility index (Phi) is 4.65. The van der Waals surface area contributed by atoms with E-state index < -0.39 is 9.84 Å². The van der Waals surface area contributed by atoms with Crippen LogP contribution in [-0.4, -0.2) is 33.0 Å². The van der Waals surface area contributed by atoms with Crippen LogP contribution in [0.1, 0.15) is 18.4 Å². The molecule has 0 radical (unpaired) electrons. The molecular formula is C14H18O5S. The van der Waals surface area contributed by atoms with Gasteiger partial charge in [-0.3, -0.25) is 4.79 Å². The molecule has 0 N–H and O–H groups in total. The van der Waals surface area contributed by atoms with Gasteiger partial charge in [0.2, 0.25) is 0 Å². The van der Waals surface area contributed by atoms with E-state index in [4.69, 9.17) is 9.47 Å². The Labute approximate surface area is 118 Å². The van der Waals surface area contributed by atoms with E-state index in [2.05, 4.69) is 0 Å². The van der Waals surface area contributed by atoms with Gasteiger partial charge in [-0.1, -0.05) is 12.1 Å². The predicted molar refractivity (Wildman–Crippen MR) is 74.2 cm³/mol. The molecule has 0 saturated carbocycles. The first-order valence-corrected chi connectivity index (χ1v) is 8.29. The van der Waals surface area contributed by atoms with E-state index in [9.17, 15) is 13.2 Å². The Morgan fingerprint density at radius 3 is 2.85 bits per heavy atom. The molecule has 1 fully saturated rings. The second-order valence-corrected chi connectivity index (χ2v) is 7.21. The summed E-state index contributed by atoms with van der Waals surface area (Å²) in [7, 11) is -1.37. The summed E-state index contributed by atoms with van der Waals surface area (Å²) in [4.78, 5) is 11.7. The second-order valence-electron chi connectivity index (χ2n) is 4.99. The van der Waals surface area contributed by atoms with E-state index in [-0.39, 0.29) is 36.4 Å². The van der Waals surface area contributed by atoms with Crippen LogP contribution >= 0.6 is 0 Å². The molecule has 1 aliphatic rings. The SMILES string of the molecule is COc1cccc(COC(=O)CC2CCS(=O)(=O)C2)c1. The summed E-state index contributed by atoms with van der Waals surface area (Å²) in [6, 6.07) is 7.28. The molecule has 110 valence electrons. The lowest BCUT2D eigenvalue weighted by Crippen LogP contribution is -2.13. The Bertz CT molecular complexity index is 579. The molecule has 1 saturated heterocycles. The minimum absolute atomic E-state index is 0.0985. The zero-order valence-electron chi connectivity index (χ0n) is 11.4. The number of benzene rings is 1. The van der Waals surface area contributed by atoms with Crippen LogP contribution in [0.5, 0.6) is 5.75 Å². The first-order valence-electron chi connectivity index (χ1n) is 6.47. The molecule has 1 heterocycles. The van der Waals surface area contributed by atoms with Crippen molar-refractivity contribution < 1.29 is 22.7 Å². The van der Waals surface area contributed by atoms with Crippen LogP contribution in [0.25, 0.3) is 0 Å². The third kappa shape index (κ3) is 4.23. The highest BCUT2D eigenvalue weighted by Crippen LogP contribution is 2.22. The Balaban J connectivity index is 1.80. The maximum absolute atomic E-state index is 11.7. The maximum Gasteiger partial charge on any atom is 0.306 e. The molecule has 6 heteroatoms. The molecule has 1 unspecified atom stereocenters. The van der Waals surface area contributed by atoms with Crippen molar-refractivity contribution in [2.24, 2.45) is 5.92 Å². The van der Waals surface area contributed by atoms with Crippen molar-refractivity contribution in [1.29, 1.82) is 0 Å². The number of esters is 1. The molecular weight excluding hydrogens is 280 g/mol. The highest BCUT2D eigenvalue weighted by molar-refractivity contribution is 7.91. The van der Waals surface area contributed by atoms with Gasteiger partial charge in [-0.15, -0.1) is 0 Å². The van der Waals surface area contributed by atoms with Crippen molar-refractivity contribution in [3.63, 3.8) is 0 Å². The smallest absolute Gasteiger partial charge is 0.306 e. The number of sulfone groups is 1. The standard InChI is InChI=1S/C14H18O5S/c1-18-13-4-2-3-11(7-13)9-19-14(15)8-12-5-6-20(16,17)10-12/h2-4,7,12H,5-6,8-10H2,1H3. The van der Waals surface area contributed by atoms with Crippen LogP contribution in [0.3, 0.4) is 0 Å². The van der Waals surface area contributed by atoms with Crippen LogP contribution in [-0.2, 0) is 26.0 Å². The van der Waals surface area contributed by atoms with E-state index in [1.165, 1.54) is 0 Å². The van der Waals surface area contributed by atoms with Crippen LogP contribution in [0.15, 0.2) is 24.3 Å². The number of hydrogen-bond donors (Lipinski definition) is 0. The Morgan fingerprint density at radius 2 is 2.20 bits per heavy atom. The van der Waals surface area contributed by atoms with Gasteiger partial charge >= 0.3 is 5.97 Å². The first kappa shape index (κ1) is 14.8. The average Bonchev–Trinajstić information content (AvgIpc) is 2.76. The fourth-order valence-electron chi connectivity index (χ4n) is 2.25. The number of methoxy groups -OCH3 is 1. The Hall–Kier alpha value is -1.56. The molecule has 1 atom stereocenters. The first-order chi connectivity index (χ1) is 9.48. The van der Waals surface area contributed by atoms with Gasteiger partial charge in [0.25, 0.3) is 0 Å². The number of carbonyl (C=O) groups is 1. The number of hydrogen-bond acceptors (Lipinski definition) is 5. The number of rotatable bonds is 5. The minimum Gasteiger partial charge on any atom is -0.497 e. The van der Waals surface area contributed by atoms with E-state index in [0.29, 0.717) is 12.2 Å². The number of carbonyl (C=O) groups excluding carboxylic acids is 1. The lowest BCUT2D eigenvalue weighted by Gasteiger charge is -2.09. The van der Waals surface area contributed by atoms with Gasteiger partial charge in [-0.25, -0.2) is 8.42 Å². The van der Waals surface area contributed by atoms with Crippen LogP contribution in [0.4, 0.5) is 0 Å². The largest absolute Gasteiger partial charge is 0.497 e. The fourth-order valence-corrected chi connectivity index (χ4v) is 4.12. The molecule has 0 aliphatic carbocycles. The lowest BCUT2D eigenvalue weighted by atomic mass is 10.1. The summed E-state index contributed by atoms with van der Waals surface area (Å²) in [5.41, 5.74) is 0.844. The van der Waals surface area contributed by atoms with Gasteiger partial charge in [0, 0.05) is 6.42 Å². The van der Waals surface area contributed by atoms with Crippen LogP contribution < -0.4 is 4.74 Å². The van der Waals surface area contributed by atoms with Crippen molar-refractivity contribution in [3.05, 3.63) is 29.8 Å². The highest BCUT2D eigenvalue weighted by Gasteiger charge is 2.29. The molecule has 5 nitrogen and oxygen atoms in total. The van der Waals surface area contributed by atoms with Crippen molar-refractivity contribution in [3.8, 4) is 5.75 Å². The summed E-state index contributed by atoms with van der Waals surface area (Å²) in [5, 5.41) is 0. The van der Waals surface area contributed by atoms with E-state index in [1.54, 1.807) is 13.2 Å².